The van der Waals surface area contributed by atoms with E-state index in [1.54, 1.807) is 0 Å². The summed E-state index contributed by atoms with van der Waals surface area (Å²) < 4.78 is 0. The smallest absolute Gasteiger partial charge is 0.256 e. The molecule has 1 atom stereocenters. The molecule has 1 amide bonds. The molecule has 0 aromatic heterocycles. The molecule has 0 aliphatic carbocycles. The maximum atomic E-state index is 12.2. The maximum absolute atomic E-state index is 12.2. The molecule has 2 aromatic rings. The highest BCUT2D eigenvalue weighted by Crippen LogP contribution is 2.24. The van der Waals surface area contributed by atoms with Crippen LogP contribution >= 0.6 is 11.8 Å². The fraction of sp³-hybridized carbons (Fsp3) is 0.278. The minimum Gasteiger partial charge on any atom is -0.379 e. The third-order valence-electron chi connectivity index (χ3n) is 3.34. The van der Waals surface area contributed by atoms with Gasteiger partial charge in [-0.1, -0.05) is 35.4 Å². The van der Waals surface area contributed by atoms with E-state index in [0.717, 1.165) is 10.5 Å². The zero-order valence-electron chi connectivity index (χ0n) is 13.1. The lowest BCUT2D eigenvalue weighted by atomic mass is 10.1. The van der Waals surface area contributed by atoms with Crippen LogP contribution < -0.4 is 5.32 Å². The number of carbonyl (C=O) groups is 1. The first kappa shape index (κ1) is 16.6. The van der Waals surface area contributed by atoms with E-state index in [1.165, 1.54) is 24.2 Å². The van der Waals surface area contributed by atoms with Gasteiger partial charge < -0.3 is 10.4 Å². The summed E-state index contributed by atoms with van der Waals surface area (Å²) in [5.74, 6) is -0.0933. The van der Waals surface area contributed by atoms with Gasteiger partial charge in [0.05, 0.1) is 0 Å². The number of hydrogen-bond acceptors (Lipinski definition) is 3. The number of carbonyl (C=O) groups excluding carboxylic acids is 1. The summed E-state index contributed by atoms with van der Waals surface area (Å²) in [6, 6.07) is 15.5. The number of benzene rings is 2. The lowest BCUT2D eigenvalue weighted by Crippen LogP contribution is -2.42. The minimum absolute atomic E-state index is 0.299. The van der Waals surface area contributed by atoms with Crippen LogP contribution in [0.15, 0.2) is 53.4 Å². The molecule has 2 N–H and O–H groups in total. The van der Waals surface area contributed by atoms with Gasteiger partial charge in [-0.2, -0.15) is 0 Å². The number of rotatable bonds is 5. The van der Waals surface area contributed by atoms with Crippen LogP contribution in [-0.2, 0) is 4.79 Å². The molecule has 3 nitrogen and oxygen atoms in total. The molecule has 0 aliphatic heterocycles. The van der Waals surface area contributed by atoms with Gasteiger partial charge in [-0.05, 0) is 45.0 Å². The third-order valence-corrected chi connectivity index (χ3v) is 4.65. The second kappa shape index (κ2) is 6.99. The van der Waals surface area contributed by atoms with Crippen molar-refractivity contribution in [2.45, 2.75) is 31.3 Å². The summed E-state index contributed by atoms with van der Waals surface area (Å²) in [7, 11) is 0. The highest BCUT2D eigenvalue weighted by atomic mass is 32.2. The second-order valence-corrected chi connectivity index (χ2v) is 6.74. The zero-order chi connectivity index (χ0) is 16.2. The van der Waals surface area contributed by atoms with Crippen LogP contribution in [0.1, 0.15) is 18.1 Å². The minimum atomic E-state index is -1.43. The highest BCUT2D eigenvalue weighted by molar-refractivity contribution is 7.99. The van der Waals surface area contributed by atoms with Gasteiger partial charge in [-0.3, -0.25) is 4.79 Å². The van der Waals surface area contributed by atoms with Crippen molar-refractivity contribution >= 4 is 23.4 Å². The van der Waals surface area contributed by atoms with Crippen molar-refractivity contribution in [3.8, 4) is 0 Å². The van der Waals surface area contributed by atoms with Gasteiger partial charge in [0.2, 0.25) is 0 Å². The number of nitrogens with one attached hydrogen (secondary N) is 1. The Morgan fingerprint density at radius 1 is 1.05 bits per heavy atom. The molecule has 22 heavy (non-hydrogen) atoms. The van der Waals surface area contributed by atoms with Crippen LogP contribution in [0.4, 0.5) is 5.69 Å². The van der Waals surface area contributed by atoms with Crippen molar-refractivity contribution in [1.29, 1.82) is 0 Å². The van der Waals surface area contributed by atoms with Gasteiger partial charge in [0, 0.05) is 16.3 Å². The Morgan fingerprint density at radius 2 is 1.55 bits per heavy atom. The summed E-state index contributed by atoms with van der Waals surface area (Å²) in [6.07, 6.45) is 0. The molecule has 2 rings (SSSR count). The Labute approximate surface area is 135 Å². The van der Waals surface area contributed by atoms with E-state index in [-0.39, 0.29) is 0 Å². The van der Waals surface area contributed by atoms with E-state index in [4.69, 9.17) is 0 Å². The summed E-state index contributed by atoms with van der Waals surface area (Å²) >= 11 is 1.47. The van der Waals surface area contributed by atoms with Crippen molar-refractivity contribution in [2.75, 3.05) is 11.1 Å². The van der Waals surface area contributed by atoms with Gasteiger partial charge in [0.25, 0.3) is 5.91 Å². The molecule has 4 heteroatoms. The SMILES string of the molecule is Cc1ccc(NC(=O)[C@](C)(O)CSc2ccc(C)cc2)cc1. The monoisotopic (exact) mass is 315 g/mol. The standard InChI is InChI=1S/C18H21NO2S/c1-13-4-8-15(9-5-13)19-17(20)18(3,21)12-22-16-10-6-14(2)7-11-16/h4-11,21H,12H2,1-3H3,(H,19,20)/t18-/m1/s1. The molecule has 0 saturated heterocycles. The molecule has 0 bridgehead atoms. The lowest BCUT2D eigenvalue weighted by molar-refractivity contribution is -0.130. The van der Waals surface area contributed by atoms with Crippen LogP contribution in [0.2, 0.25) is 0 Å². The predicted molar refractivity (Wildman–Crippen MR) is 92.3 cm³/mol. The van der Waals surface area contributed by atoms with E-state index >= 15 is 0 Å². The number of thioether (sulfide) groups is 1. The largest absolute Gasteiger partial charge is 0.379 e. The molecule has 0 heterocycles. The molecule has 0 aliphatic rings. The maximum Gasteiger partial charge on any atom is 0.256 e. The van der Waals surface area contributed by atoms with Crippen molar-refractivity contribution in [3.05, 3.63) is 59.7 Å². The van der Waals surface area contributed by atoms with Crippen LogP contribution in [-0.4, -0.2) is 22.4 Å². The number of anilines is 1. The average molecular weight is 315 g/mol. The van der Waals surface area contributed by atoms with Crippen molar-refractivity contribution in [2.24, 2.45) is 0 Å². The van der Waals surface area contributed by atoms with Gasteiger partial charge >= 0.3 is 0 Å². The molecule has 0 radical (unpaired) electrons. The Morgan fingerprint density at radius 3 is 2.09 bits per heavy atom. The van der Waals surface area contributed by atoms with E-state index in [0.29, 0.717) is 11.4 Å². The molecule has 0 saturated carbocycles. The van der Waals surface area contributed by atoms with Crippen LogP contribution in [0.3, 0.4) is 0 Å². The first-order chi connectivity index (χ1) is 10.4. The van der Waals surface area contributed by atoms with E-state index in [2.05, 4.69) is 5.32 Å². The third kappa shape index (κ3) is 4.61. The molecule has 2 aromatic carbocycles. The average Bonchev–Trinajstić information content (AvgIpc) is 2.49. The molecule has 116 valence electrons. The summed E-state index contributed by atoms with van der Waals surface area (Å²) in [4.78, 5) is 13.3. The van der Waals surface area contributed by atoms with Crippen LogP contribution in [0.25, 0.3) is 0 Å². The highest BCUT2D eigenvalue weighted by Gasteiger charge is 2.30. The lowest BCUT2D eigenvalue weighted by Gasteiger charge is -2.22. The van der Waals surface area contributed by atoms with Gasteiger partial charge in [-0.25, -0.2) is 0 Å². The first-order valence-corrected chi connectivity index (χ1v) is 8.15. The number of aryl methyl sites for hydroxylation is 2. The van der Waals surface area contributed by atoms with Crippen molar-refractivity contribution in [3.63, 3.8) is 0 Å². The van der Waals surface area contributed by atoms with E-state index in [1.807, 2.05) is 62.4 Å². The Kier molecular flexibility index (Phi) is 5.27. The topological polar surface area (TPSA) is 49.3 Å². The summed E-state index contributed by atoms with van der Waals surface area (Å²) in [5, 5.41) is 13.1. The van der Waals surface area contributed by atoms with Gasteiger partial charge in [0.1, 0.15) is 5.60 Å². The summed E-state index contributed by atoms with van der Waals surface area (Å²) in [5.41, 5.74) is 1.57. The number of aliphatic hydroxyl groups is 1. The van der Waals surface area contributed by atoms with Crippen molar-refractivity contribution < 1.29 is 9.90 Å². The molecule has 0 fully saturated rings. The summed E-state index contributed by atoms with van der Waals surface area (Å²) in [6.45, 7) is 5.55. The number of amides is 1. The second-order valence-electron chi connectivity index (χ2n) is 5.70. The number of hydrogen-bond donors (Lipinski definition) is 2. The van der Waals surface area contributed by atoms with E-state index < -0.39 is 11.5 Å². The van der Waals surface area contributed by atoms with Crippen molar-refractivity contribution in [1.82, 2.24) is 0 Å². The molecule has 0 spiro atoms. The fourth-order valence-electron chi connectivity index (χ4n) is 1.83. The molecular formula is C18H21NO2S. The Bertz CT molecular complexity index is 633. The Hall–Kier alpha value is -1.78. The van der Waals surface area contributed by atoms with Gasteiger partial charge in [0.15, 0.2) is 0 Å². The van der Waals surface area contributed by atoms with Gasteiger partial charge in [-0.15, -0.1) is 11.8 Å². The van der Waals surface area contributed by atoms with Crippen LogP contribution in [0, 0.1) is 13.8 Å². The normalized spacial score (nSPS) is 13.5. The Balaban J connectivity index is 1.95. The molecule has 0 unspecified atom stereocenters. The fourth-order valence-corrected chi connectivity index (χ4v) is 2.73. The first-order valence-electron chi connectivity index (χ1n) is 7.17. The van der Waals surface area contributed by atoms with Crippen LogP contribution in [0.5, 0.6) is 0 Å². The predicted octanol–water partition coefficient (Wildman–Crippen LogP) is 3.79. The quantitative estimate of drug-likeness (QED) is 0.826. The van der Waals surface area contributed by atoms with E-state index in [9.17, 15) is 9.90 Å². The zero-order valence-corrected chi connectivity index (χ0v) is 13.9. The molecular weight excluding hydrogens is 294 g/mol.